The predicted octanol–water partition coefficient (Wildman–Crippen LogP) is 3.44. The summed E-state index contributed by atoms with van der Waals surface area (Å²) in [6.07, 6.45) is -2.38. The molecule has 0 radical (unpaired) electrons. The molecular formula is C31H35F3N6O5. The minimum Gasteiger partial charge on any atom is -0.475 e. The number of carboxylic acid groups (broad SMARTS) is 1. The third-order valence-electron chi connectivity index (χ3n) is 7.88. The minimum atomic E-state index is -5.08. The number of benzene rings is 2. The van der Waals surface area contributed by atoms with Crippen molar-refractivity contribution in [2.45, 2.75) is 57.0 Å². The highest BCUT2D eigenvalue weighted by atomic mass is 19.4. The number of aliphatic hydroxyl groups is 1. The van der Waals surface area contributed by atoms with Gasteiger partial charge in [-0.05, 0) is 29.9 Å². The SMILES string of the molecule is C[C@H](CC(=O)N1CCC(O)(Cn2cnc3c(-c4ccc(CN)cc4)n(C)nc3c2=O)CC1)c1ccccc1.O=C(O)C(F)(F)F. The number of carbonyl (C=O) groups excluding carboxylic acids is 1. The molecule has 1 saturated heterocycles. The fourth-order valence-electron chi connectivity index (χ4n) is 5.27. The molecule has 2 aromatic heterocycles. The third-order valence-corrected chi connectivity index (χ3v) is 7.88. The van der Waals surface area contributed by atoms with Gasteiger partial charge in [-0.1, -0.05) is 61.5 Å². The van der Waals surface area contributed by atoms with Crippen LogP contribution in [0.1, 0.15) is 43.2 Å². The lowest BCUT2D eigenvalue weighted by molar-refractivity contribution is -0.192. The second kappa shape index (κ2) is 13.6. The number of halogens is 3. The van der Waals surface area contributed by atoms with Crippen molar-refractivity contribution < 1.29 is 33.0 Å². The van der Waals surface area contributed by atoms with Gasteiger partial charge in [0, 0.05) is 38.7 Å². The molecule has 4 N–H and O–H groups in total. The first-order chi connectivity index (χ1) is 21.2. The number of rotatable bonds is 7. The van der Waals surface area contributed by atoms with Gasteiger partial charge in [0.05, 0.1) is 24.2 Å². The highest BCUT2D eigenvalue weighted by molar-refractivity contribution is 5.89. The molecule has 45 heavy (non-hydrogen) atoms. The van der Waals surface area contributed by atoms with E-state index in [1.54, 1.807) is 11.7 Å². The number of hydrogen-bond acceptors (Lipinski definition) is 7. The van der Waals surface area contributed by atoms with Crippen LogP contribution < -0.4 is 11.3 Å². The largest absolute Gasteiger partial charge is 0.490 e. The molecule has 0 bridgehead atoms. The first kappa shape index (κ1) is 33.3. The quantitative estimate of drug-likeness (QED) is 0.281. The molecule has 1 aliphatic rings. The Labute approximate surface area is 256 Å². The molecule has 0 spiro atoms. The van der Waals surface area contributed by atoms with Gasteiger partial charge in [0.1, 0.15) is 5.52 Å². The Morgan fingerprint density at radius 2 is 1.64 bits per heavy atom. The molecule has 0 saturated carbocycles. The van der Waals surface area contributed by atoms with Gasteiger partial charge in [-0.25, -0.2) is 9.78 Å². The normalized spacial score (nSPS) is 15.3. The third kappa shape index (κ3) is 7.94. The zero-order valence-electron chi connectivity index (χ0n) is 24.9. The van der Waals surface area contributed by atoms with Crippen LogP contribution in [0.15, 0.2) is 65.7 Å². The van der Waals surface area contributed by atoms with Gasteiger partial charge in [0.25, 0.3) is 5.56 Å². The lowest BCUT2D eigenvalue weighted by atomic mass is 9.90. The molecule has 1 atom stereocenters. The van der Waals surface area contributed by atoms with Crippen LogP contribution in [0.3, 0.4) is 0 Å². The molecule has 0 aliphatic carbocycles. The summed E-state index contributed by atoms with van der Waals surface area (Å²) in [4.78, 5) is 41.5. The van der Waals surface area contributed by atoms with Gasteiger partial charge in [-0.15, -0.1) is 0 Å². The topological polar surface area (TPSA) is 157 Å². The Morgan fingerprint density at radius 1 is 1.04 bits per heavy atom. The van der Waals surface area contributed by atoms with Crippen molar-refractivity contribution in [3.63, 3.8) is 0 Å². The smallest absolute Gasteiger partial charge is 0.475 e. The number of alkyl halides is 3. The Hall–Kier alpha value is -4.56. The van der Waals surface area contributed by atoms with E-state index in [1.807, 2.05) is 59.5 Å². The Kier molecular flexibility index (Phi) is 10.1. The maximum Gasteiger partial charge on any atom is 0.490 e. The van der Waals surface area contributed by atoms with Crippen LogP contribution in [-0.2, 0) is 29.7 Å². The van der Waals surface area contributed by atoms with Crippen molar-refractivity contribution in [2.24, 2.45) is 12.8 Å². The van der Waals surface area contributed by atoms with E-state index in [-0.39, 0.29) is 29.4 Å². The van der Waals surface area contributed by atoms with Crippen LogP contribution in [0.4, 0.5) is 13.2 Å². The number of aliphatic carboxylic acids is 1. The number of fused-ring (bicyclic) bond motifs is 1. The second-order valence-electron chi connectivity index (χ2n) is 11.2. The highest BCUT2D eigenvalue weighted by Gasteiger charge is 2.38. The van der Waals surface area contributed by atoms with Crippen molar-refractivity contribution >= 4 is 22.9 Å². The first-order valence-electron chi connectivity index (χ1n) is 14.3. The minimum absolute atomic E-state index is 0.0872. The van der Waals surface area contributed by atoms with Crippen LogP contribution in [-0.4, -0.2) is 71.2 Å². The molecule has 3 heterocycles. The first-order valence-corrected chi connectivity index (χ1v) is 14.3. The fourth-order valence-corrected chi connectivity index (χ4v) is 5.27. The number of aromatic nitrogens is 4. The zero-order chi connectivity index (χ0) is 32.9. The number of likely N-dealkylation sites (tertiary alicyclic amines) is 1. The summed E-state index contributed by atoms with van der Waals surface area (Å²) < 4.78 is 34.8. The van der Waals surface area contributed by atoms with Crippen LogP contribution >= 0.6 is 0 Å². The van der Waals surface area contributed by atoms with E-state index >= 15 is 0 Å². The molecule has 5 rings (SSSR count). The molecule has 14 heteroatoms. The molecule has 1 amide bonds. The Balaban J connectivity index is 0.000000591. The lowest BCUT2D eigenvalue weighted by Gasteiger charge is -2.38. The van der Waals surface area contributed by atoms with Crippen molar-refractivity contribution in [1.82, 2.24) is 24.2 Å². The highest BCUT2D eigenvalue weighted by Crippen LogP contribution is 2.28. The van der Waals surface area contributed by atoms with E-state index in [0.29, 0.717) is 44.4 Å². The summed E-state index contributed by atoms with van der Waals surface area (Å²) in [5.41, 5.74) is 8.91. The fraction of sp³-hybridized carbons (Fsp3) is 0.387. The maximum absolute atomic E-state index is 13.3. The van der Waals surface area contributed by atoms with E-state index in [4.69, 9.17) is 15.6 Å². The number of hydrogen-bond donors (Lipinski definition) is 3. The Bertz CT molecular complexity index is 1700. The number of amides is 1. The average Bonchev–Trinajstić information content (AvgIpc) is 3.35. The summed E-state index contributed by atoms with van der Waals surface area (Å²) in [6.45, 7) is 3.52. The summed E-state index contributed by atoms with van der Waals surface area (Å²) in [6, 6.07) is 17.8. The number of nitrogens with two attached hydrogens (primary N) is 1. The molecular weight excluding hydrogens is 593 g/mol. The van der Waals surface area contributed by atoms with E-state index in [0.717, 1.165) is 22.4 Å². The van der Waals surface area contributed by atoms with Crippen molar-refractivity contribution in [2.75, 3.05) is 13.1 Å². The summed E-state index contributed by atoms with van der Waals surface area (Å²) in [5, 5.41) is 22.9. The van der Waals surface area contributed by atoms with Crippen LogP contribution in [0.2, 0.25) is 0 Å². The number of carboxylic acids is 1. The molecule has 11 nitrogen and oxygen atoms in total. The second-order valence-corrected chi connectivity index (χ2v) is 11.2. The average molecular weight is 629 g/mol. The van der Waals surface area contributed by atoms with Gasteiger partial charge in [0.15, 0.2) is 5.52 Å². The van der Waals surface area contributed by atoms with Crippen molar-refractivity contribution in [3.05, 3.63) is 82.4 Å². The zero-order valence-corrected chi connectivity index (χ0v) is 24.9. The number of aryl methyl sites for hydroxylation is 1. The van der Waals surface area contributed by atoms with Gasteiger partial charge in [-0.3, -0.25) is 18.8 Å². The summed E-state index contributed by atoms with van der Waals surface area (Å²) in [7, 11) is 1.79. The number of piperidine rings is 1. The van der Waals surface area contributed by atoms with E-state index in [2.05, 4.69) is 17.0 Å². The Morgan fingerprint density at radius 3 is 2.20 bits per heavy atom. The van der Waals surface area contributed by atoms with E-state index in [9.17, 15) is 27.9 Å². The van der Waals surface area contributed by atoms with E-state index < -0.39 is 17.7 Å². The molecule has 1 fully saturated rings. The standard InChI is InChI=1S/C29H34N6O3.C2HF3O2/c1-20(22-6-4-3-5-7-22)16-24(36)34-14-12-29(38,13-15-34)18-35-19-31-25-26(28(35)37)32-33(2)27(25)23-10-8-21(17-30)9-11-23;3-2(4,5)1(6)7/h3-11,19-20,38H,12-18,30H2,1-2H3;(H,6,7)/t20-;/m1./s1. The molecule has 1 aliphatic heterocycles. The summed E-state index contributed by atoms with van der Waals surface area (Å²) in [5.74, 6) is -2.54. The van der Waals surface area contributed by atoms with Crippen LogP contribution in [0.25, 0.3) is 22.3 Å². The number of carbonyl (C=O) groups is 2. The van der Waals surface area contributed by atoms with Crippen LogP contribution in [0.5, 0.6) is 0 Å². The van der Waals surface area contributed by atoms with E-state index in [1.165, 1.54) is 10.9 Å². The van der Waals surface area contributed by atoms with Gasteiger partial charge < -0.3 is 20.8 Å². The van der Waals surface area contributed by atoms with Crippen molar-refractivity contribution in [3.8, 4) is 11.3 Å². The molecule has 2 aromatic carbocycles. The maximum atomic E-state index is 13.3. The lowest BCUT2D eigenvalue weighted by Crippen LogP contribution is -2.49. The van der Waals surface area contributed by atoms with Crippen LogP contribution in [0, 0.1) is 0 Å². The molecule has 0 unspecified atom stereocenters. The predicted molar refractivity (Wildman–Crippen MR) is 160 cm³/mol. The van der Waals surface area contributed by atoms with Gasteiger partial charge in [-0.2, -0.15) is 18.3 Å². The summed E-state index contributed by atoms with van der Waals surface area (Å²) >= 11 is 0. The van der Waals surface area contributed by atoms with Gasteiger partial charge >= 0.3 is 12.1 Å². The van der Waals surface area contributed by atoms with Crippen molar-refractivity contribution in [1.29, 1.82) is 0 Å². The molecule has 4 aromatic rings. The monoisotopic (exact) mass is 628 g/mol. The molecule has 240 valence electrons. The van der Waals surface area contributed by atoms with Gasteiger partial charge in [0.2, 0.25) is 5.91 Å². The number of nitrogens with zero attached hydrogens (tertiary/aromatic N) is 5.